The van der Waals surface area contributed by atoms with Crippen LogP contribution in [0.2, 0.25) is 0 Å². The largest absolute Gasteiger partial charge is 0.486 e. The third-order valence-corrected chi connectivity index (χ3v) is 3.10. The molecule has 2 rings (SSSR count). The molecule has 0 saturated heterocycles. The van der Waals surface area contributed by atoms with E-state index in [-0.39, 0.29) is 18.3 Å². The summed E-state index contributed by atoms with van der Waals surface area (Å²) in [5.41, 5.74) is 3.22. The number of ether oxygens (including phenoxy) is 1. The van der Waals surface area contributed by atoms with Gasteiger partial charge in [0.1, 0.15) is 6.61 Å². The Morgan fingerprint density at radius 3 is 2.80 bits per heavy atom. The zero-order valence-electron chi connectivity index (χ0n) is 10.4. The van der Waals surface area contributed by atoms with Gasteiger partial charge in [-0.25, -0.2) is 10.2 Å². The minimum Gasteiger partial charge on any atom is -0.486 e. The fourth-order valence-corrected chi connectivity index (χ4v) is 1.97. The Morgan fingerprint density at radius 2 is 2.10 bits per heavy atom. The van der Waals surface area contributed by atoms with Crippen LogP contribution in [0.1, 0.15) is 15.9 Å². The third-order valence-electron chi connectivity index (χ3n) is 2.61. The first-order chi connectivity index (χ1) is 9.60. The van der Waals surface area contributed by atoms with Crippen LogP contribution < -0.4 is 16.0 Å². The molecule has 2 aromatic rings. The highest BCUT2D eigenvalue weighted by Crippen LogP contribution is 2.22. The number of rotatable bonds is 4. The molecule has 0 bridgehead atoms. The molecule has 0 radical (unpaired) electrons. The van der Waals surface area contributed by atoms with E-state index < -0.39 is 5.82 Å². The molecule has 0 unspecified atom stereocenters. The number of hydrogen-bond acceptors (Lipinski definition) is 3. The molecule has 0 aromatic heterocycles. The molecule has 6 heteroatoms. The van der Waals surface area contributed by atoms with E-state index in [1.807, 2.05) is 0 Å². The Morgan fingerprint density at radius 1 is 1.30 bits per heavy atom. The van der Waals surface area contributed by atoms with E-state index in [0.29, 0.717) is 10.0 Å². The van der Waals surface area contributed by atoms with Crippen molar-refractivity contribution in [2.45, 2.75) is 6.61 Å². The number of hydrazine groups is 1. The summed E-state index contributed by atoms with van der Waals surface area (Å²) in [6.07, 6.45) is 0. The van der Waals surface area contributed by atoms with Crippen molar-refractivity contribution in [2.24, 2.45) is 5.84 Å². The Hall–Kier alpha value is -1.92. The number of amides is 1. The van der Waals surface area contributed by atoms with Gasteiger partial charge in [-0.3, -0.25) is 10.2 Å². The lowest BCUT2D eigenvalue weighted by atomic mass is 10.1. The second-order valence-electron chi connectivity index (χ2n) is 4.04. The number of halogens is 2. The lowest BCUT2D eigenvalue weighted by Gasteiger charge is -2.08. The number of nitrogen functional groups attached to an aromatic ring is 1. The standard InChI is InChI=1S/C14H12BrFN2O2/c15-11-4-5-13(12(16)7-11)20-8-9-2-1-3-10(6-9)14(19)18-17/h1-7H,8,17H2,(H,18,19). The van der Waals surface area contributed by atoms with Crippen molar-refractivity contribution in [3.8, 4) is 5.75 Å². The molecule has 20 heavy (non-hydrogen) atoms. The number of carbonyl (C=O) groups is 1. The molecule has 0 aliphatic heterocycles. The maximum Gasteiger partial charge on any atom is 0.265 e. The number of carbonyl (C=O) groups excluding carboxylic acids is 1. The molecule has 0 saturated carbocycles. The van der Waals surface area contributed by atoms with Crippen molar-refractivity contribution >= 4 is 21.8 Å². The molecule has 0 fully saturated rings. The molecule has 0 aliphatic rings. The normalized spacial score (nSPS) is 10.2. The second-order valence-corrected chi connectivity index (χ2v) is 4.95. The molecule has 0 atom stereocenters. The van der Waals surface area contributed by atoms with Crippen LogP contribution >= 0.6 is 15.9 Å². The second kappa shape index (κ2) is 6.49. The maximum absolute atomic E-state index is 13.6. The van der Waals surface area contributed by atoms with Crippen LogP contribution in [0.3, 0.4) is 0 Å². The Bertz CT molecular complexity index is 634. The Labute approximate surface area is 123 Å². The first-order valence-corrected chi connectivity index (χ1v) is 6.57. The highest BCUT2D eigenvalue weighted by molar-refractivity contribution is 9.10. The smallest absolute Gasteiger partial charge is 0.265 e. The minimum absolute atomic E-state index is 0.155. The van der Waals surface area contributed by atoms with Crippen molar-refractivity contribution in [1.29, 1.82) is 0 Å². The van der Waals surface area contributed by atoms with Crippen LogP contribution in [0, 0.1) is 5.82 Å². The molecule has 0 spiro atoms. The monoisotopic (exact) mass is 338 g/mol. The highest BCUT2D eigenvalue weighted by Gasteiger charge is 2.07. The summed E-state index contributed by atoms with van der Waals surface area (Å²) in [5.74, 6) is 4.39. The maximum atomic E-state index is 13.6. The molecule has 3 N–H and O–H groups in total. The number of benzene rings is 2. The summed E-state index contributed by atoms with van der Waals surface area (Å²) in [6, 6.07) is 11.3. The molecule has 104 valence electrons. The van der Waals surface area contributed by atoms with E-state index in [1.54, 1.807) is 30.3 Å². The summed E-state index contributed by atoms with van der Waals surface area (Å²) in [5, 5.41) is 0. The quantitative estimate of drug-likeness (QED) is 0.511. The third kappa shape index (κ3) is 3.55. The molecule has 1 amide bonds. The predicted molar refractivity (Wildman–Crippen MR) is 76.5 cm³/mol. The van der Waals surface area contributed by atoms with Crippen molar-refractivity contribution < 1.29 is 13.9 Å². The minimum atomic E-state index is -0.449. The zero-order valence-corrected chi connectivity index (χ0v) is 12.0. The van der Waals surface area contributed by atoms with E-state index in [1.165, 1.54) is 12.1 Å². The van der Waals surface area contributed by atoms with Gasteiger partial charge in [-0.1, -0.05) is 28.1 Å². The summed E-state index contributed by atoms with van der Waals surface area (Å²) >= 11 is 3.17. The molecule has 0 aliphatic carbocycles. The van der Waals surface area contributed by atoms with Crippen LogP contribution in [0.25, 0.3) is 0 Å². The molecular formula is C14H12BrFN2O2. The van der Waals surface area contributed by atoms with Gasteiger partial charge in [0.05, 0.1) is 0 Å². The van der Waals surface area contributed by atoms with Gasteiger partial charge >= 0.3 is 0 Å². The van der Waals surface area contributed by atoms with Crippen LogP contribution in [-0.2, 0) is 6.61 Å². The van der Waals surface area contributed by atoms with Gasteiger partial charge in [-0.15, -0.1) is 0 Å². The first-order valence-electron chi connectivity index (χ1n) is 5.78. The van der Waals surface area contributed by atoms with Gasteiger partial charge in [0.2, 0.25) is 0 Å². The van der Waals surface area contributed by atoms with Gasteiger partial charge in [0, 0.05) is 10.0 Å². The van der Waals surface area contributed by atoms with Gasteiger partial charge in [-0.2, -0.15) is 0 Å². The number of nitrogens with one attached hydrogen (secondary N) is 1. The summed E-state index contributed by atoms with van der Waals surface area (Å²) in [6.45, 7) is 0.157. The fourth-order valence-electron chi connectivity index (χ4n) is 1.64. The molecule has 0 heterocycles. The Balaban J connectivity index is 2.09. The topological polar surface area (TPSA) is 64.3 Å². The SMILES string of the molecule is NNC(=O)c1cccc(COc2ccc(Br)cc2F)c1. The molecular weight excluding hydrogens is 327 g/mol. The van der Waals surface area contributed by atoms with E-state index in [0.717, 1.165) is 5.56 Å². The average Bonchev–Trinajstić information content (AvgIpc) is 2.46. The molecule has 4 nitrogen and oxygen atoms in total. The van der Waals surface area contributed by atoms with Gasteiger partial charge in [-0.05, 0) is 35.9 Å². The average molecular weight is 339 g/mol. The van der Waals surface area contributed by atoms with E-state index in [2.05, 4.69) is 21.4 Å². The van der Waals surface area contributed by atoms with Gasteiger partial charge in [0.15, 0.2) is 11.6 Å². The van der Waals surface area contributed by atoms with E-state index >= 15 is 0 Å². The highest BCUT2D eigenvalue weighted by atomic mass is 79.9. The summed E-state index contributed by atoms with van der Waals surface area (Å²) in [7, 11) is 0. The zero-order chi connectivity index (χ0) is 14.5. The van der Waals surface area contributed by atoms with Gasteiger partial charge < -0.3 is 4.74 Å². The van der Waals surface area contributed by atoms with Crippen molar-refractivity contribution in [2.75, 3.05) is 0 Å². The lowest BCUT2D eigenvalue weighted by Crippen LogP contribution is -2.30. The van der Waals surface area contributed by atoms with E-state index in [9.17, 15) is 9.18 Å². The Kier molecular flexibility index (Phi) is 4.70. The summed E-state index contributed by atoms with van der Waals surface area (Å²) < 4.78 is 19.6. The summed E-state index contributed by atoms with van der Waals surface area (Å²) in [4.78, 5) is 11.4. The van der Waals surface area contributed by atoms with Crippen LogP contribution in [-0.4, -0.2) is 5.91 Å². The van der Waals surface area contributed by atoms with Crippen molar-refractivity contribution in [3.05, 3.63) is 63.9 Å². The van der Waals surface area contributed by atoms with Crippen LogP contribution in [0.5, 0.6) is 5.75 Å². The first kappa shape index (κ1) is 14.5. The van der Waals surface area contributed by atoms with Crippen LogP contribution in [0.4, 0.5) is 4.39 Å². The van der Waals surface area contributed by atoms with Crippen molar-refractivity contribution in [3.63, 3.8) is 0 Å². The molecule has 2 aromatic carbocycles. The number of nitrogens with two attached hydrogens (primary N) is 1. The number of hydrogen-bond donors (Lipinski definition) is 2. The van der Waals surface area contributed by atoms with Crippen molar-refractivity contribution in [1.82, 2.24) is 5.43 Å². The van der Waals surface area contributed by atoms with Crippen LogP contribution in [0.15, 0.2) is 46.9 Å². The van der Waals surface area contributed by atoms with E-state index in [4.69, 9.17) is 10.6 Å². The fraction of sp³-hybridized carbons (Fsp3) is 0.0714. The lowest BCUT2D eigenvalue weighted by molar-refractivity contribution is 0.0953. The van der Waals surface area contributed by atoms with Gasteiger partial charge in [0.25, 0.3) is 5.91 Å². The predicted octanol–water partition coefficient (Wildman–Crippen LogP) is 2.77.